The fourth-order valence-corrected chi connectivity index (χ4v) is 5.05. The number of carbonyl (C=O) groups is 1. The van der Waals surface area contributed by atoms with E-state index in [2.05, 4.69) is 5.32 Å². The molecule has 6 nitrogen and oxygen atoms in total. The van der Waals surface area contributed by atoms with E-state index in [1.54, 1.807) is 43.0 Å². The number of amides is 1. The van der Waals surface area contributed by atoms with Crippen LogP contribution in [0.25, 0.3) is 0 Å². The van der Waals surface area contributed by atoms with E-state index in [1.807, 2.05) is 24.3 Å². The highest BCUT2D eigenvalue weighted by Crippen LogP contribution is 2.24. The summed E-state index contributed by atoms with van der Waals surface area (Å²) in [6.07, 6.45) is 1.08. The number of methoxy groups -OCH3 is 1. The van der Waals surface area contributed by atoms with Gasteiger partial charge in [0.05, 0.1) is 19.1 Å². The maximum atomic E-state index is 12.5. The molecule has 0 aliphatic rings. The van der Waals surface area contributed by atoms with E-state index in [1.165, 1.54) is 7.11 Å². The SMILES string of the molecule is COc1ccc(N([C@H](C)C(=O)NCCSCc2ccccc2Cl)S(C)(=O)=O)cc1. The number of nitrogens with one attached hydrogen (secondary N) is 1. The molecule has 0 aliphatic heterocycles. The summed E-state index contributed by atoms with van der Waals surface area (Å²) in [5.41, 5.74) is 1.45. The monoisotopic (exact) mass is 456 g/mol. The van der Waals surface area contributed by atoms with E-state index in [9.17, 15) is 13.2 Å². The molecule has 2 aromatic rings. The topological polar surface area (TPSA) is 75.7 Å². The first-order valence-electron chi connectivity index (χ1n) is 8.96. The van der Waals surface area contributed by atoms with Crippen molar-refractivity contribution in [2.24, 2.45) is 0 Å². The van der Waals surface area contributed by atoms with Crippen molar-refractivity contribution in [3.63, 3.8) is 0 Å². The van der Waals surface area contributed by atoms with Gasteiger partial charge in [-0.3, -0.25) is 9.10 Å². The molecule has 1 atom stereocenters. The summed E-state index contributed by atoms with van der Waals surface area (Å²) in [5.74, 6) is 1.68. The highest BCUT2D eigenvalue weighted by molar-refractivity contribution is 7.98. The number of ether oxygens (including phenoxy) is 1. The molecule has 2 aromatic carbocycles. The quantitative estimate of drug-likeness (QED) is 0.553. The number of hydrogen-bond donors (Lipinski definition) is 1. The molecule has 0 fully saturated rings. The highest BCUT2D eigenvalue weighted by atomic mass is 35.5. The van der Waals surface area contributed by atoms with Crippen LogP contribution < -0.4 is 14.4 Å². The van der Waals surface area contributed by atoms with Crippen LogP contribution in [0.4, 0.5) is 5.69 Å². The summed E-state index contributed by atoms with van der Waals surface area (Å²) in [5, 5.41) is 3.53. The number of carbonyl (C=O) groups excluding carboxylic acids is 1. The zero-order valence-corrected chi connectivity index (χ0v) is 19.0. The summed E-state index contributed by atoms with van der Waals surface area (Å²) in [7, 11) is -2.12. The van der Waals surface area contributed by atoms with Crippen LogP contribution in [-0.4, -0.2) is 46.0 Å². The minimum absolute atomic E-state index is 0.357. The van der Waals surface area contributed by atoms with E-state index >= 15 is 0 Å². The molecular weight excluding hydrogens is 432 g/mol. The first kappa shape index (κ1) is 23.4. The average Bonchev–Trinajstić information content (AvgIpc) is 2.68. The van der Waals surface area contributed by atoms with Gasteiger partial charge in [0, 0.05) is 23.1 Å². The van der Waals surface area contributed by atoms with Crippen molar-refractivity contribution in [1.82, 2.24) is 5.32 Å². The van der Waals surface area contributed by atoms with Gasteiger partial charge in [0.1, 0.15) is 11.8 Å². The molecule has 1 N–H and O–H groups in total. The Labute approximate surface area is 181 Å². The van der Waals surface area contributed by atoms with Gasteiger partial charge in [-0.15, -0.1) is 0 Å². The Morgan fingerprint density at radius 3 is 2.45 bits per heavy atom. The predicted molar refractivity (Wildman–Crippen MR) is 120 cm³/mol. The van der Waals surface area contributed by atoms with Crippen molar-refractivity contribution >= 4 is 45.0 Å². The van der Waals surface area contributed by atoms with Crippen LogP contribution in [0.2, 0.25) is 5.02 Å². The molecule has 158 valence electrons. The molecule has 0 bridgehead atoms. The van der Waals surface area contributed by atoms with Gasteiger partial charge in [-0.1, -0.05) is 29.8 Å². The van der Waals surface area contributed by atoms with Crippen molar-refractivity contribution < 1.29 is 17.9 Å². The lowest BCUT2D eigenvalue weighted by Crippen LogP contribution is -2.48. The fourth-order valence-electron chi connectivity index (χ4n) is 2.73. The Balaban J connectivity index is 1.92. The maximum absolute atomic E-state index is 12.5. The molecule has 0 saturated heterocycles. The predicted octanol–water partition coefficient (Wildman–Crippen LogP) is 3.55. The Bertz CT molecular complexity index is 920. The van der Waals surface area contributed by atoms with Crippen LogP contribution in [0.5, 0.6) is 5.75 Å². The van der Waals surface area contributed by atoms with Gasteiger partial charge in [-0.2, -0.15) is 11.8 Å². The molecule has 0 unspecified atom stereocenters. The van der Waals surface area contributed by atoms with Crippen molar-refractivity contribution in [2.75, 3.05) is 30.0 Å². The Morgan fingerprint density at radius 1 is 1.21 bits per heavy atom. The lowest BCUT2D eigenvalue weighted by molar-refractivity contribution is -0.121. The zero-order valence-electron chi connectivity index (χ0n) is 16.6. The van der Waals surface area contributed by atoms with E-state index < -0.39 is 16.1 Å². The van der Waals surface area contributed by atoms with Crippen molar-refractivity contribution in [3.8, 4) is 5.75 Å². The van der Waals surface area contributed by atoms with Gasteiger partial charge in [0.25, 0.3) is 0 Å². The molecule has 9 heteroatoms. The lowest BCUT2D eigenvalue weighted by atomic mass is 10.2. The van der Waals surface area contributed by atoms with Crippen molar-refractivity contribution in [3.05, 3.63) is 59.1 Å². The number of hydrogen-bond acceptors (Lipinski definition) is 5. The normalized spacial score (nSPS) is 12.3. The van der Waals surface area contributed by atoms with Crippen LogP contribution in [0, 0.1) is 0 Å². The van der Waals surface area contributed by atoms with Crippen molar-refractivity contribution in [2.45, 2.75) is 18.7 Å². The molecule has 0 spiro atoms. The third-order valence-corrected chi connectivity index (χ3v) is 6.79. The van der Waals surface area contributed by atoms with Crippen molar-refractivity contribution in [1.29, 1.82) is 0 Å². The third kappa shape index (κ3) is 6.83. The first-order valence-corrected chi connectivity index (χ1v) is 12.3. The zero-order chi connectivity index (χ0) is 21.4. The third-order valence-electron chi connectivity index (χ3n) is 4.18. The van der Waals surface area contributed by atoms with Gasteiger partial charge >= 0.3 is 0 Å². The molecule has 0 aliphatic carbocycles. The maximum Gasteiger partial charge on any atom is 0.243 e. The second-order valence-electron chi connectivity index (χ2n) is 6.37. The summed E-state index contributed by atoms with van der Waals surface area (Å²) in [4.78, 5) is 12.5. The molecule has 0 heterocycles. The van der Waals surface area contributed by atoms with E-state index in [-0.39, 0.29) is 5.91 Å². The second-order valence-corrected chi connectivity index (χ2v) is 9.74. The van der Waals surface area contributed by atoms with E-state index in [0.717, 1.165) is 26.9 Å². The van der Waals surface area contributed by atoms with Gasteiger partial charge in [0.2, 0.25) is 15.9 Å². The largest absolute Gasteiger partial charge is 0.497 e. The molecule has 0 aromatic heterocycles. The number of anilines is 1. The average molecular weight is 457 g/mol. The number of sulfonamides is 1. The number of rotatable bonds is 10. The van der Waals surface area contributed by atoms with Crippen LogP contribution in [0.3, 0.4) is 0 Å². The number of halogens is 1. The number of benzene rings is 2. The van der Waals surface area contributed by atoms with E-state index in [4.69, 9.17) is 16.3 Å². The summed E-state index contributed by atoms with van der Waals surface area (Å²) in [6.45, 7) is 2.00. The molecule has 2 rings (SSSR count). The Hall–Kier alpha value is -1.90. The van der Waals surface area contributed by atoms with Crippen LogP contribution in [-0.2, 0) is 20.6 Å². The molecule has 1 amide bonds. The van der Waals surface area contributed by atoms with Gasteiger partial charge < -0.3 is 10.1 Å². The Kier molecular flexibility index (Phi) is 8.67. The number of thioether (sulfide) groups is 1. The molecule has 0 saturated carbocycles. The van der Waals surface area contributed by atoms with Gasteiger partial charge in [-0.05, 0) is 42.8 Å². The minimum Gasteiger partial charge on any atom is -0.497 e. The summed E-state index contributed by atoms with van der Waals surface area (Å²) in [6, 6.07) is 13.3. The first-order chi connectivity index (χ1) is 13.7. The van der Waals surface area contributed by atoms with E-state index in [0.29, 0.717) is 23.7 Å². The van der Waals surface area contributed by atoms with Gasteiger partial charge in [-0.25, -0.2) is 8.42 Å². The van der Waals surface area contributed by atoms with Crippen LogP contribution >= 0.6 is 23.4 Å². The summed E-state index contributed by atoms with van der Waals surface area (Å²) < 4.78 is 30.8. The minimum atomic E-state index is -3.65. The number of nitrogens with zero attached hydrogens (tertiary/aromatic N) is 1. The standard InChI is InChI=1S/C20H25ClN2O4S2/c1-15(23(29(3,25)26)17-8-10-18(27-2)11-9-17)20(24)22-12-13-28-14-16-6-4-5-7-19(16)21/h4-11,15H,12-14H2,1-3H3,(H,22,24)/t15-/m1/s1. The molecule has 0 radical (unpaired) electrons. The highest BCUT2D eigenvalue weighted by Gasteiger charge is 2.28. The smallest absolute Gasteiger partial charge is 0.243 e. The summed E-state index contributed by atoms with van der Waals surface area (Å²) >= 11 is 7.77. The lowest BCUT2D eigenvalue weighted by Gasteiger charge is -2.28. The fraction of sp³-hybridized carbons (Fsp3) is 0.350. The van der Waals surface area contributed by atoms with Gasteiger partial charge in [0.15, 0.2) is 0 Å². The molecular formula is C20H25ClN2O4S2. The second kappa shape index (κ2) is 10.8. The van der Waals surface area contributed by atoms with Crippen LogP contribution in [0.1, 0.15) is 12.5 Å². The van der Waals surface area contributed by atoms with Crippen LogP contribution in [0.15, 0.2) is 48.5 Å². The molecule has 29 heavy (non-hydrogen) atoms. The Morgan fingerprint density at radius 2 is 1.86 bits per heavy atom.